The van der Waals surface area contributed by atoms with Crippen molar-refractivity contribution in [2.45, 2.75) is 26.3 Å². The molecule has 6 heteroatoms. The number of halogens is 3. The van der Waals surface area contributed by atoms with Crippen molar-refractivity contribution >= 4 is 18.3 Å². The molecule has 1 aromatic rings. The maximum atomic E-state index is 13.6. The van der Waals surface area contributed by atoms with Crippen LogP contribution in [0.1, 0.15) is 25.3 Å². The van der Waals surface area contributed by atoms with E-state index >= 15 is 0 Å². The minimum atomic E-state index is -0.609. The number of nitrogens with zero attached hydrogens (tertiary/aromatic N) is 1. The molecule has 118 valence electrons. The Kier molecular flexibility index (Phi) is 7.05. The third-order valence-corrected chi connectivity index (χ3v) is 3.55. The molecule has 2 rings (SSSR count). The van der Waals surface area contributed by atoms with Crippen molar-refractivity contribution in [1.29, 1.82) is 0 Å². The van der Waals surface area contributed by atoms with Crippen molar-refractivity contribution in [3.8, 4) is 0 Å². The van der Waals surface area contributed by atoms with E-state index in [1.165, 1.54) is 35.9 Å². The molecule has 0 spiro atoms. The van der Waals surface area contributed by atoms with Gasteiger partial charge in [0.25, 0.3) is 0 Å². The molecular weight excluding hydrogens is 298 g/mol. The van der Waals surface area contributed by atoms with Crippen LogP contribution in [0.15, 0.2) is 18.2 Å². The van der Waals surface area contributed by atoms with Gasteiger partial charge in [0, 0.05) is 12.1 Å². The summed E-state index contributed by atoms with van der Waals surface area (Å²) in [4.78, 5) is 13.5. The molecule has 1 saturated carbocycles. The summed E-state index contributed by atoms with van der Waals surface area (Å²) in [5.74, 6) is -0.651. The van der Waals surface area contributed by atoms with E-state index < -0.39 is 11.6 Å². The summed E-state index contributed by atoms with van der Waals surface area (Å²) in [6, 6.07) is 3.74. The lowest BCUT2D eigenvalue weighted by Crippen LogP contribution is -2.38. The largest absolute Gasteiger partial charge is 0.337 e. The highest BCUT2D eigenvalue weighted by Gasteiger charge is 2.22. The average Bonchev–Trinajstić information content (AvgIpc) is 3.22. The Balaban J connectivity index is 0.00000220. The third kappa shape index (κ3) is 5.25. The lowest BCUT2D eigenvalue weighted by atomic mass is 10.2. The molecule has 0 aromatic heterocycles. The van der Waals surface area contributed by atoms with E-state index in [1.807, 2.05) is 0 Å². The first-order valence-corrected chi connectivity index (χ1v) is 7.03. The van der Waals surface area contributed by atoms with Gasteiger partial charge >= 0.3 is 0 Å². The standard InChI is InChI=1S/C15H20F2N2O.ClH/c1-2-19(15(20)9-18-8-11-6-7-11)10-12-13(16)4-3-5-14(12)17;/h3-5,11,18H,2,6-10H2,1H3;1H. The molecule has 1 aromatic carbocycles. The lowest BCUT2D eigenvalue weighted by Gasteiger charge is -2.21. The molecule has 0 aliphatic heterocycles. The Hall–Kier alpha value is -1.20. The molecule has 1 fully saturated rings. The lowest BCUT2D eigenvalue weighted by molar-refractivity contribution is -0.130. The fourth-order valence-electron chi connectivity index (χ4n) is 2.07. The van der Waals surface area contributed by atoms with Crippen LogP contribution in [0, 0.1) is 17.6 Å². The van der Waals surface area contributed by atoms with Crippen LogP contribution < -0.4 is 5.32 Å². The number of carbonyl (C=O) groups is 1. The van der Waals surface area contributed by atoms with Crippen LogP contribution in [-0.4, -0.2) is 30.4 Å². The molecule has 1 aliphatic rings. The maximum absolute atomic E-state index is 13.6. The zero-order valence-electron chi connectivity index (χ0n) is 12.1. The van der Waals surface area contributed by atoms with Gasteiger partial charge in [-0.1, -0.05) is 6.07 Å². The average molecular weight is 319 g/mol. The zero-order valence-corrected chi connectivity index (χ0v) is 12.9. The van der Waals surface area contributed by atoms with Crippen molar-refractivity contribution in [3.63, 3.8) is 0 Å². The SMILES string of the molecule is CCN(Cc1c(F)cccc1F)C(=O)CNCC1CC1.Cl. The Morgan fingerprint density at radius 3 is 2.48 bits per heavy atom. The van der Waals surface area contributed by atoms with Gasteiger partial charge in [-0.15, -0.1) is 12.4 Å². The third-order valence-electron chi connectivity index (χ3n) is 3.55. The number of likely N-dealkylation sites (N-methyl/N-ethyl adjacent to an activating group) is 1. The van der Waals surface area contributed by atoms with Gasteiger partial charge in [-0.05, 0) is 44.4 Å². The quantitative estimate of drug-likeness (QED) is 0.838. The minimum absolute atomic E-state index is 0. The molecule has 0 heterocycles. The number of rotatable bonds is 7. The molecule has 0 unspecified atom stereocenters. The van der Waals surface area contributed by atoms with E-state index in [2.05, 4.69) is 5.32 Å². The molecule has 0 bridgehead atoms. The number of nitrogens with one attached hydrogen (secondary N) is 1. The highest BCUT2D eigenvalue weighted by molar-refractivity contribution is 5.85. The van der Waals surface area contributed by atoms with Crippen molar-refractivity contribution < 1.29 is 13.6 Å². The molecule has 1 amide bonds. The van der Waals surface area contributed by atoms with Gasteiger partial charge in [0.1, 0.15) is 11.6 Å². The molecule has 3 nitrogen and oxygen atoms in total. The Labute approximate surface area is 130 Å². The predicted molar refractivity (Wildman–Crippen MR) is 80.3 cm³/mol. The summed E-state index contributed by atoms with van der Waals surface area (Å²) in [5.41, 5.74) is -0.0510. The fraction of sp³-hybridized carbons (Fsp3) is 0.533. The second kappa shape index (κ2) is 8.29. The molecule has 0 atom stereocenters. The van der Waals surface area contributed by atoms with Gasteiger partial charge in [0.15, 0.2) is 0 Å². The second-order valence-corrected chi connectivity index (χ2v) is 5.18. The van der Waals surface area contributed by atoms with Crippen molar-refractivity contribution in [1.82, 2.24) is 10.2 Å². The monoisotopic (exact) mass is 318 g/mol. The van der Waals surface area contributed by atoms with Crippen LogP contribution in [0.4, 0.5) is 8.78 Å². The summed E-state index contributed by atoms with van der Waals surface area (Å²) >= 11 is 0. The Morgan fingerprint density at radius 1 is 1.33 bits per heavy atom. The number of hydrogen-bond donors (Lipinski definition) is 1. The minimum Gasteiger partial charge on any atom is -0.337 e. The topological polar surface area (TPSA) is 32.3 Å². The first kappa shape index (κ1) is 17.9. The zero-order chi connectivity index (χ0) is 14.5. The molecule has 1 N–H and O–H groups in total. The highest BCUT2D eigenvalue weighted by Crippen LogP contribution is 2.27. The van der Waals surface area contributed by atoms with Crippen molar-refractivity contribution in [2.24, 2.45) is 5.92 Å². The fourth-order valence-corrected chi connectivity index (χ4v) is 2.07. The van der Waals surface area contributed by atoms with Gasteiger partial charge in [-0.2, -0.15) is 0 Å². The predicted octanol–water partition coefficient (Wildman–Crippen LogP) is 2.73. The number of amides is 1. The second-order valence-electron chi connectivity index (χ2n) is 5.18. The number of hydrogen-bond acceptors (Lipinski definition) is 2. The van der Waals surface area contributed by atoms with Crippen LogP contribution in [0.25, 0.3) is 0 Å². The smallest absolute Gasteiger partial charge is 0.236 e. The van der Waals surface area contributed by atoms with Crippen LogP contribution in [-0.2, 0) is 11.3 Å². The van der Waals surface area contributed by atoms with Gasteiger partial charge in [-0.25, -0.2) is 8.78 Å². The van der Waals surface area contributed by atoms with Crippen molar-refractivity contribution in [2.75, 3.05) is 19.6 Å². The van der Waals surface area contributed by atoms with E-state index in [4.69, 9.17) is 0 Å². The first-order chi connectivity index (χ1) is 9.61. The van der Waals surface area contributed by atoms with Gasteiger partial charge in [0.05, 0.1) is 13.1 Å². The molecule has 21 heavy (non-hydrogen) atoms. The van der Waals surface area contributed by atoms with E-state index in [1.54, 1.807) is 6.92 Å². The van der Waals surface area contributed by atoms with Crippen LogP contribution in [0.5, 0.6) is 0 Å². The van der Waals surface area contributed by atoms with Crippen LogP contribution >= 0.6 is 12.4 Å². The molecule has 0 saturated heterocycles. The summed E-state index contributed by atoms with van der Waals surface area (Å²) in [6.07, 6.45) is 2.44. The summed E-state index contributed by atoms with van der Waals surface area (Å²) in [7, 11) is 0. The van der Waals surface area contributed by atoms with E-state index in [9.17, 15) is 13.6 Å². The van der Waals surface area contributed by atoms with E-state index in [-0.39, 0.29) is 37.0 Å². The summed E-state index contributed by atoms with van der Waals surface area (Å²) in [6.45, 7) is 3.27. The Morgan fingerprint density at radius 2 is 1.95 bits per heavy atom. The normalized spacial score (nSPS) is 13.7. The van der Waals surface area contributed by atoms with Gasteiger partial charge < -0.3 is 10.2 Å². The Bertz CT molecular complexity index is 460. The maximum Gasteiger partial charge on any atom is 0.236 e. The van der Waals surface area contributed by atoms with E-state index in [0.717, 1.165) is 6.54 Å². The van der Waals surface area contributed by atoms with Gasteiger partial charge in [-0.3, -0.25) is 4.79 Å². The number of benzene rings is 1. The molecular formula is C15H21ClF2N2O. The van der Waals surface area contributed by atoms with Crippen LogP contribution in [0.2, 0.25) is 0 Å². The number of carbonyl (C=O) groups excluding carboxylic acids is 1. The summed E-state index contributed by atoms with van der Waals surface area (Å²) < 4.78 is 27.2. The first-order valence-electron chi connectivity index (χ1n) is 7.03. The van der Waals surface area contributed by atoms with Crippen molar-refractivity contribution in [3.05, 3.63) is 35.4 Å². The molecule has 0 radical (unpaired) electrons. The molecule has 1 aliphatic carbocycles. The summed E-state index contributed by atoms with van der Waals surface area (Å²) in [5, 5.41) is 3.10. The van der Waals surface area contributed by atoms with E-state index in [0.29, 0.717) is 12.5 Å². The van der Waals surface area contributed by atoms with Gasteiger partial charge in [0.2, 0.25) is 5.91 Å². The van der Waals surface area contributed by atoms with Crippen LogP contribution in [0.3, 0.4) is 0 Å². The highest BCUT2D eigenvalue weighted by atomic mass is 35.5.